The second-order valence-electron chi connectivity index (χ2n) is 4.10. The number of nitrogens with one attached hydrogen (secondary N) is 1. The zero-order valence-corrected chi connectivity index (χ0v) is 13.0. The first kappa shape index (κ1) is 15.4. The van der Waals surface area contributed by atoms with Crippen LogP contribution in [0.25, 0.3) is 0 Å². The van der Waals surface area contributed by atoms with Crippen molar-refractivity contribution in [2.75, 3.05) is 0 Å². The van der Waals surface area contributed by atoms with Crippen LogP contribution in [0.15, 0.2) is 28.6 Å². The molecule has 20 heavy (non-hydrogen) atoms. The van der Waals surface area contributed by atoms with Gasteiger partial charge in [0.05, 0.1) is 18.0 Å². The fraction of sp³-hybridized carbons (Fsp3) is 0.250. The van der Waals surface area contributed by atoms with E-state index in [2.05, 4.69) is 9.71 Å². The minimum Gasteiger partial charge on any atom is -0.392 e. The Morgan fingerprint density at radius 1 is 1.45 bits per heavy atom. The number of sulfonamides is 1. The Hall–Kier alpha value is -0.990. The van der Waals surface area contributed by atoms with Crippen molar-refractivity contribution in [1.82, 2.24) is 9.71 Å². The number of nitrogens with zero attached hydrogens (tertiary/aromatic N) is 1. The van der Waals surface area contributed by atoms with Crippen LogP contribution in [-0.2, 0) is 23.2 Å². The Bertz CT molecular complexity index is 700. The molecule has 0 aliphatic rings. The van der Waals surface area contributed by atoms with E-state index in [-0.39, 0.29) is 23.1 Å². The predicted octanol–water partition coefficient (Wildman–Crippen LogP) is 2.08. The highest BCUT2D eigenvalue weighted by Gasteiger charge is 2.19. The van der Waals surface area contributed by atoms with Crippen LogP contribution in [0.2, 0.25) is 5.02 Å². The van der Waals surface area contributed by atoms with Crippen molar-refractivity contribution in [3.63, 3.8) is 0 Å². The molecule has 5 nitrogen and oxygen atoms in total. The van der Waals surface area contributed by atoms with E-state index in [1.54, 1.807) is 24.6 Å². The summed E-state index contributed by atoms with van der Waals surface area (Å²) in [6.45, 7) is 1.50. The van der Waals surface area contributed by atoms with E-state index in [1.807, 2.05) is 0 Å². The summed E-state index contributed by atoms with van der Waals surface area (Å²) in [6.07, 6.45) is 1.61. The molecule has 0 saturated carbocycles. The molecule has 0 spiro atoms. The molecule has 0 bridgehead atoms. The molecular weight excluding hydrogens is 320 g/mol. The normalized spacial score (nSPS) is 11.8. The van der Waals surface area contributed by atoms with Crippen LogP contribution in [0.1, 0.15) is 16.1 Å². The van der Waals surface area contributed by atoms with Crippen molar-refractivity contribution >= 4 is 33.0 Å². The number of halogens is 1. The smallest absolute Gasteiger partial charge is 0.241 e. The maximum atomic E-state index is 12.3. The lowest BCUT2D eigenvalue weighted by Gasteiger charge is -2.12. The number of aliphatic hydroxyl groups excluding tert-OH is 1. The zero-order valence-electron chi connectivity index (χ0n) is 10.6. The molecule has 8 heteroatoms. The van der Waals surface area contributed by atoms with Crippen molar-refractivity contribution in [3.05, 3.63) is 44.9 Å². The van der Waals surface area contributed by atoms with E-state index in [4.69, 9.17) is 11.6 Å². The quantitative estimate of drug-likeness (QED) is 0.878. The number of aromatic nitrogens is 1. The molecule has 2 rings (SSSR count). The zero-order chi connectivity index (χ0) is 14.8. The highest BCUT2D eigenvalue weighted by molar-refractivity contribution is 7.89. The Kier molecular flexibility index (Phi) is 4.77. The highest BCUT2D eigenvalue weighted by atomic mass is 35.5. The van der Waals surface area contributed by atoms with Crippen molar-refractivity contribution in [3.8, 4) is 0 Å². The number of hydrogen-bond acceptors (Lipinski definition) is 5. The summed E-state index contributed by atoms with van der Waals surface area (Å²) in [7, 11) is -3.70. The molecule has 1 aromatic heterocycles. The third-order valence-corrected chi connectivity index (χ3v) is 5.31. The van der Waals surface area contributed by atoms with E-state index in [1.165, 1.54) is 17.4 Å². The van der Waals surface area contributed by atoms with E-state index < -0.39 is 10.0 Å². The van der Waals surface area contributed by atoms with Crippen LogP contribution in [0.4, 0.5) is 0 Å². The van der Waals surface area contributed by atoms with Gasteiger partial charge in [-0.2, -0.15) is 0 Å². The average molecular weight is 333 g/mol. The van der Waals surface area contributed by atoms with Gasteiger partial charge in [0.15, 0.2) is 0 Å². The molecule has 2 N–H and O–H groups in total. The van der Waals surface area contributed by atoms with E-state index in [0.717, 1.165) is 0 Å². The van der Waals surface area contributed by atoms with Crippen LogP contribution < -0.4 is 4.72 Å². The molecule has 0 atom stereocenters. The summed E-state index contributed by atoms with van der Waals surface area (Å²) < 4.78 is 27.1. The summed E-state index contributed by atoms with van der Waals surface area (Å²) in [5.74, 6) is 0. The molecule has 0 aliphatic heterocycles. The van der Waals surface area contributed by atoms with Gasteiger partial charge < -0.3 is 5.11 Å². The van der Waals surface area contributed by atoms with Crippen LogP contribution in [0.3, 0.4) is 0 Å². The Balaban J connectivity index is 2.31. The lowest BCUT2D eigenvalue weighted by Crippen LogP contribution is -2.24. The van der Waals surface area contributed by atoms with Gasteiger partial charge in [-0.05, 0) is 30.2 Å². The first-order valence-electron chi connectivity index (χ1n) is 5.72. The molecule has 0 fully saturated rings. The van der Waals surface area contributed by atoms with Crippen LogP contribution in [0, 0.1) is 6.92 Å². The first-order valence-corrected chi connectivity index (χ1v) is 8.46. The van der Waals surface area contributed by atoms with Gasteiger partial charge in [0.2, 0.25) is 10.0 Å². The van der Waals surface area contributed by atoms with Crippen molar-refractivity contribution in [1.29, 1.82) is 0 Å². The summed E-state index contributed by atoms with van der Waals surface area (Å²) in [4.78, 5) is 4.09. The van der Waals surface area contributed by atoms with Gasteiger partial charge in [-0.25, -0.2) is 18.1 Å². The molecular formula is C12H13ClN2O3S2. The van der Waals surface area contributed by atoms with Crippen molar-refractivity contribution in [2.45, 2.75) is 25.0 Å². The fourth-order valence-electron chi connectivity index (χ4n) is 1.73. The topological polar surface area (TPSA) is 79.3 Å². The lowest BCUT2D eigenvalue weighted by molar-refractivity contribution is 0.280. The first-order chi connectivity index (χ1) is 9.44. The maximum absolute atomic E-state index is 12.3. The van der Waals surface area contributed by atoms with Gasteiger partial charge in [-0.15, -0.1) is 11.3 Å². The number of aliphatic hydroxyl groups is 1. The van der Waals surface area contributed by atoms with Gasteiger partial charge >= 0.3 is 0 Å². The Morgan fingerprint density at radius 2 is 2.20 bits per heavy atom. The van der Waals surface area contributed by atoms with Crippen LogP contribution in [0.5, 0.6) is 0 Å². The van der Waals surface area contributed by atoms with Gasteiger partial charge in [0.1, 0.15) is 5.01 Å². The molecule has 0 saturated heterocycles. The van der Waals surface area contributed by atoms with E-state index >= 15 is 0 Å². The van der Waals surface area contributed by atoms with Crippen molar-refractivity contribution < 1.29 is 13.5 Å². The summed E-state index contributed by atoms with van der Waals surface area (Å²) >= 11 is 7.26. The SMILES string of the molecule is Cc1c(CO)cc(Cl)cc1S(=O)(=O)NCc1nccs1. The molecule has 1 aromatic carbocycles. The van der Waals surface area contributed by atoms with E-state index in [9.17, 15) is 13.5 Å². The van der Waals surface area contributed by atoms with Crippen LogP contribution in [-0.4, -0.2) is 18.5 Å². The number of hydrogen-bond donors (Lipinski definition) is 2. The average Bonchev–Trinajstić information content (AvgIpc) is 2.92. The largest absolute Gasteiger partial charge is 0.392 e. The van der Waals surface area contributed by atoms with Gasteiger partial charge in [0.25, 0.3) is 0 Å². The summed E-state index contributed by atoms with van der Waals surface area (Å²) in [5.41, 5.74) is 0.982. The molecule has 108 valence electrons. The molecule has 0 unspecified atom stereocenters. The minimum atomic E-state index is -3.70. The number of rotatable bonds is 5. The monoisotopic (exact) mass is 332 g/mol. The standard InChI is InChI=1S/C12H13ClN2O3S2/c1-8-9(7-16)4-10(13)5-11(8)20(17,18)15-6-12-14-2-3-19-12/h2-5,15-16H,6-7H2,1H3. The Labute approximate surface area is 126 Å². The fourth-order valence-corrected chi connectivity index (χ4v) is 3.98. The third-order valence-electron chi connectivity index (χ3n) is 2.79. The molecule has 1 heterocycles. The highest BCUT2D eigenvalue weighted by Crippen LogP contribution is 2.24. The molecule has 0 radical (unpaired) electrons. The lowest BCUT2D eigenvalue weighted by atomic mass is 10.1. The second kappa shape index (κ2) is 6.19. The van der Waals surface area contributed by atoms with Gasteiger partial charge in [-0.1, -0.05) is 11.6 Å². The molecule has 2 aromatic rings. The predicted molar refractivity (Wildman–Crippen MR) is 78.3 cm³/mol. The minimum absolute atomic E-state index is 0.0746. The van der Waals surface area contributed by atoms with Crippen LogP contribution >= 0.6 is 22.9 Å². The van der Waals surface area contributed by atoms with E-state index in [0.29, 0.717) is 16.1 Å². The van der Waals surface area contributed by atoms with Gasteiger partial charge in [-0.3, -0.25) is 0 Å². The summed E-state index contributed by atoms with van der Waals surface area (Å²) in [5, 5.41) is 12.0. The molecule has 0 amide bonds. The van der Waals surface area contributed by atoms with Gasteiger partial charge in [0, 0.05) is 16.6 Å². The third kappa shape index (κ3) is 3.36. The number of thiazole rings is 1. The summed E-state index contributed by atoms with van der Waals surface area (Å²) in [6, 6.07) is 2.93. The number of benzene rings is 1. The van der Waals surface area contributed by atoms with Crippen molar-refractivity contribution in [2.24, 2.45) is 0 Å². The maximum Gasteiger partial charge on any atom is 0.241 e. The second-order valence-corrected chi connectivity index (χ2v) is 7.25. The Morgan fingerprint density at radius 3 is 2.80 bits per heavy atom. The molecule has 0 aliphatic carbocycles.